The van der Waals surface area contributed by atoms with Crippen LogP contribution in [0.5, 0.6) is 0 Å². The third-order valence-electron chi connectivity index (χ3n) is 6.77. The zero-order valence-corrected chi connectivity index (χ0v) is 20.2. The number of nitro groups is 1. The number of anilines is 1. The molecule has 0 atom stereocenters. The SMILES string of the molecule is O=C(CN1CCN(c2ccc([N+](=O)[O-])cc2S(=O)(=O)N2CCOCC2)CC1)N1CCCCCC1. The van der Waals surface area contributed by atoms with Gasteiger partial charge in [0.15, 0.2) is 0 Å². The van der Waals surface area contributed by atoms with Crippen molar-refractivity contribution in [2.45, 2.75) is 30.6 Å². The zero-order valence-electron chi connectivity index (χ0n) is 19.4. The molecule has 3 aliphatic heterocycles. The summed E-state index contributed by atoms with van der Waals surface area (Å²) in [4.78, 5) is 29.5. The summed E-state index contributed by atoms with van der Waals surface area (Å²) in [5, 5.41) is 11.4. The quantitative estimate of drug-likeness (QED) is 0.426. The van der Waals surface area contributed by atoms with E-state index in [1.54, 1.807) is 0 Å². The van der Waals surface area contributed by atoms with E-state index in [2.05, 4.69) is 4.90 Å². The summed E-state index contributed by atoms with van der Waals surface area (Å²) in [6.07, 6.45) is 4.46. The highest BCUT2D eigenvalue weighted by molar-refractivity contribution is 7.89. The number of ether oxygens (including phenoxy) is 1. The van der Waals surface area contributed by atoms with Crippen molar-refractivity contribution in [1.82, 2.24) is 14.1 Å². The van der Waals surface area contributed by atoms with E-state index in [0.717, 1.165) is 32.0 Å². The van der Waals surface area contributed by atoms with E-state index in [1.165, 1.54) is 29.3 Å². The fourth-order valence-electron chi connectivity index (χ4n) is 4.77. The Bertz CT molecular complexity index is 981. The van der Waals surface area contributed by atoms with Crippen molar-refractivity contribution in [3.8, 4) is 0 Å². The second-order valence-corrected chi connectivity index (χ2v) is 10.9. The third kappa shape index (κ3) is 5.68. The molecule has 3 heterocycles. The van der Waals surface area contributed by atoms with E-state index in [4.69, 9.17) is 4.74 Å². The molecule has 0 aromatic heterocycles. The van der Waals surface area contributed by atoms with Gasteiger partial charge in [0, 0.05) is 64.5 Å². The number of piperazine rings is 1. The first-order valence-electron chi connectivity index (χ1n) is 12.0. The molecule has 3 aliphatic rings. The van der Waals surface area contributed by atoms with Crippen LogP contribution in [0.1, 0.15) is 25.7 Å². The minimum Gasteiger partial charge on any atom is -0.379 e. The number of hydrogen-bond donors (Lipinski definition) is 0. The van der Waals surface area contributed by atoms with Crippen LogP contribution in [0.15, 0.2) is 23.1 Å². The van der Waals surface area contributed by atoms with Gasteiger partial charge in [-0.3, -0.25) is 19.8 Å². The number of carbonyl (C=O) groups excluding carboxylic acids is 1. The molecule has 0 spiro atoms. The minimum atomic E-state index is -3.92. The lowest BCUT2D eigenvalue weighted by atomic mass is 10.2. The Morgan fingerprint density at radius 3 is 2.21 bits per heavy atom. The Balaban J connectivity index is 1.47. The van der Waals surface area contributed by atoms with E-state index < -0.39 is 14.9 Å². The molecule has 4 rings (SSSR count). The number of likely N-dealkylation sites (tertiary alicyclic amines) is 1. The van der Waals surface area contributed by atoms with Crippen molar-refractivity contribution in [2.75, 3.05) is 77.0 Å². The molecule has 11 nitrogen and oxygen atoms in total. The summed E-state index contributed by atoms with van der Waals surface area (Å²) in [5.74, 6) is 0.154. The number of carbonyl (C=O) groups is 1. The number of morpholine rings is 1. The molecule has 0 bridgehead atoms. The monoisotopic (exact) mass is 495 g/mol. The van der Waals surface area contributed by atoms with Gasteiger partial charge in [-0.15, -0.1) is 0 Å². The first-order chi connectivity index (χ1) is 16.4. The second kappa shape index (κ2) is 11.0. The highest BCUT2D eigenvalue weighted by Gasteiger charge is 2.33. The fraction of sp³-hybridized carbons (Fsp3) is 0.682. The van der Waals surface area contributed by atoms with Crippen LogP contribution in [0.3, 0.4) is 0 Å². The molecule has 1 amide bonds. The highest BCUT2D eigenvalue weighted by atomic mass is 32.2. The smallest absolute Gasteiger partial charge is 0.270 e. The zero-order chi connectivity index (χ0) is 24.1. The van der Waals surface area contributed by atoms with Crippen LogP contribution < -0.4 is 4.90 Å². The van der Waals surface area contributed by atoms with Crippen LogP contribution >= 0.6 is 0 Å². The first-order valence-corrected chi connectivity index (χ1v) is 13.4. The van der Waals surface area contributed by atoms with Gasteiger partial charge in [-0.1, -0.05) is 12.8 Å². The molecule has 0 radical (unpaired) electrons. The molecule has 0 saturated carbocycles. The lowest BCUT2D eigenvalue weighted by Crippen LogP contribution is -2.50. The highest BCUT2D eigenvalue weighted by Crippen LogP contribution is 2.32. The number of sulfonamides is 1. The molecule has 1 aromatic carbocycles. The summed E-state index contributed by atoms with van der Waals surface area (Å²) < 4.78 is 33.4. The Labute approximate surface area is 200 Å². The molecule has 0 N–H and O–H groups in total. The normalized spacial score (nSPS) is 21.3. The van der Waals surface area contributed by atoms with E-state index in [0.29, 0.717) is 51.6 Å². The topological polar surface area (TPSA) is 117 Å². The van der Waals surface area contributed by atoms with Gasteiger partial charge in [-0.05, 0) is 18.9 Å². The maximum atomic E-state index is 13.4. The number of benzene rings is 1. The van der Waals surface area contributed by atoms with Gasteiger partial charge in [0.2, 0.25) is 15.9 Å². The number of rotatable bonds is 6. The predicted octanol–water partition coefficient (Wildman–Crippen LogP) is 1.14. The Morgan fingerprint density at radius 2 is 1.59 bits per heavy atom. The van der Waals surface area contributed by atoms with Crippen LogP contribution in [0.2, 0.25) is 0 Å². The average molecular weight is 496 g/mol. The van der Waals surface area contributed by atoms with Gasteiger partial charge < -0.3 is 14.5 Å². The summed E-state index contributed by atoms with van der Waals surface area (Å²) in [7, 11) is -3.92. The molecule has 188 valence electrons. The van der Waals surface area contributed by atoms with Gasteiger partial charge in [-0.2, -0.15) is 4.31 Å². The third-order valence-corrected chi connectivity index (χ3v) is 8.70. The molecule has 3 saturated heterocycles. The van der Waals surface area contributed by atoms with Crippen molar-refractivity contribution >= 4 is 27.3 Å². The number of non-ortho nitro benzene ring substituents is 1. The summed E-state index contributed by atoms with van der Waals surface area (Å²) >= 11 is 0. The van der Waals surface area contributed by atoms with Crippen LogP contribution in [0.4, 0.5) is 11.4 Å². The van der Waals surface area contributed by atoms with Crippen molar-refractivity contribution < 1.29 is 22.9 Å². The Kier molecular flexibility index (Phi) is 8.02. The van der Waals surface area contributed by atoms with E-state index in [-0.39, 0.29) is 29.6 Å². The molecule has 3 fully saturated rings. The van der Waals surface area contributed by atoms with Crippen molar-refractivity contribution in [3.63, 3.8) is 0 Å². The average Bonchev–Trinajstić information content (AvgIpc) is 3.14. The molecule has 0 aliphatic carbocycles. The number of hydrogen-bond acceptors (Lipinski definition) is 8. The Morgan fingerprint density at radius 1 is 0.941 bits per heavy atom. The van der Waals surface area contributed by atoms with Gasteiger partial charge in [0.1, 0.15) is 4.90 Å². The standard InChI is InChI=1S/C22H33N5O6S/c28-22(25-7-3-1-2-4-8-25)18-23-9-11-24(12-10-23)20-6-5-19(27(29)30)17-21(20)34(31,32)26-13-15-33-16-14-26/h5-6,17H,1-4,7-16,18H2. The second-order valence-electron chi connectivity index (χ2n) is 8.98. The maximum absolute atomic E-state index is 13.4. The lowest BCUT2D eigenvalue weighted by molar-refractivity contribution is -0.385. The van der Waals surface area contributed by atoms with Gasteiger partial charge in [0.05, 0.1) is 30.4 Å². The van der Waals surface area contributed by atoms with E-state index >= 15 is 0 Å². The number of nitrogens with zero attached hydrogens (tertiary/aromatic N) is 5. The number of nitro benzene ring substituents is 1. The molecule has 34 heavy (non-hydrogen) atoms. The molecular weight excluding hydrogens is 462 g/mol. The van der Waals surface area contributed by atoms with Gasteiger partial charge >= 0.3 is 0 Å². The first kappa shape index (κ1) is 24.8. The summed E-state index contributed by atoms with van der Waals surface area (Å²) in [6.45, 7) is 5.37. The molecule has 12 heteroatoms. The minimum absolute atomic E-state index is 0.0438. The van der Waals surface area contributed by atoms with Crippen LogP contribution in [-0.4, -0.2) is 105 Å². The van der Waals surface area contributed by atoms with Crippen molar-refractivity contribution in [3.05, 3.63) is 28.3 Å². The van der Waals surface area contributed by atoms with Crippen LogP contribution in [-0.2, 0) is 19.6 Å². The van der Waals surface area contributed by atoms with E-state index in [1.807, 2.05) is 9.80 Å². The van der Waals surface area contributed by atoms with Crippen molar-refractivity contribution in [1.29, 1.82) is 0 Å². The summed E-state index contributed by atoms with van der Waals surface area (Å²) in [5.41, 5.74) is 0.216. The number of amides is 1. The van der Waals surface area contributed by atoms with Crippen molar-refractivity contribution in [2.24, 2.45) is 0 Å². The van der Waals surface area contributed by atoms with Crippen LogP contribution in [0, 0.1) is 10.1 Å². The summed E-state index contributed by atoms with van der Waals surface area (Å²) in [6, 6.07) is 4.04. The molecule has 0 unspecified atom stereocenters. The molecular formula is C22H33N5O6S. The molecule has 1 aromatic rings. The van der Waals surface area contributed by atoms with Gasteiger partial charge in [-0.25, -0.2) is 8.42 Å². The van der Waals surface area contributed by atoms with E-state index in [9.17, 15) is 23.3 Å². The predicted molar refractivity (Wildman–Crippen MR) is 126 cm³/mol. The fourth-order valence-corrected chi connectivity index (χ4v) is 6.41. The largest absolute Gasteiger partial charge is 0.379 e. The van der Waals surface area contributed by atoms with Crippen LogP contribution in [0.25, 0.3) is 0 Å². The maximum Gasteiger partial charge on any atom is 0.270 e. The van der Waals surface area contributed by atoms with Gasteiger partial charge in [0.25, 0.3) is 5.69 Å². The lowest BCUT2D eigenvalue weighted by Gasteiger charge is -2.37. The Hall–Kier alpha value is -2.28.